The molecule has 0 aromatic carbocycles. The van der Waals surface area contributed by atoms with Gasteiger partial charge in [0.05, 0.1) is 13.0 Å². The third-order valence-corrected chi connectivity index (χ3v) is 2.12. The number of rotatable bonds is 5. The Morgan fingerprint density at radius 2 is 2.21 bits per heavy atom. The van der Waals surface area contributed by atoms with Crippen molar-refractivity contribution < 1.29 is 27.6 Å². The first-order valence-corrected chi connectivity index (χ1v) is 5.14. The molecule has 0 aliphatic carbocycles. The first-order valence-electron chi connectivity index (χ1n) is 5.14. The van der Waals surface area contributed by atoms with Crippen LogP contribution < -0.4 is 0 Å². The molecule has 0 saturated heterocycles. The monoisotopic (exact) mass is 278 g/mol. The van der Waals surface area contributed by atoms with Crippen LogP contribution in [0.25, 0.3) is 0 Å². The second kappa shape index (κ2) is 6.12. The number of halogens is 3. The van der Waals surface area contributed by atoms with Crippen LogP contribution in [0.1, 0.15) is 24.5 Å². The van der Waals surface area contributed by atoms with Gasteiger partial charge in [-0.3, -0.25) is 4.79 Å². The van der Waals surface area contributed by atoms with E-state index in [9.17, 15) is 28.1 Å². The zero-order chi connectivity index (χ0) is 14.6. The molecule has 1 heterocycles. The number of aromatic nitrogens is 1. The molecule has 0 amide bonds. The van der Waals surface area contributed by atoms with Crippen LogP contribution in [0, 0.1) is 16.1 Å². The fourth-order valence-electron chi connectivity index (χ4n) is 1.45. The first kappa shape index (κ1) is 14.9. The molecule has 1 rings (SSSR count). The summed E-state index contributed by atoms with van der Waals surface area (Å²) >= 11 is 0. The number of nitrogens with zero attached hydrogens (tertiary/aromatic N) is 2. The maximum Gasteiger partial charge on any atom is 0.376 e. The van der Waals surface area contributed by atoms with Crippen molar-refractivity contribution in [2.75, 3.05) is 6.61 Å². The minimum absolute atomic E-state index is 0.0124. The lowest BCUT2D eigenvalue weighted by Crippen LogP contribution is -2.12. The van der Waals surface area contributed by atoms with Crippen molar-refractivity contribution >= 4 is 11.8 Å². The number of carbonyl (C=O) groups is 1. The minimum atomic E-state index is -3.25. The number of hydrogen-bond acceptors (Lipinski definition) is 5. The summed E-state index contributed by atoms with van der Waals surface area (Å²) in [5.74, 6) is -3.49. The lowest BCUT2D eigenvalue weighted by atomic mass is 10.1. The van der Waals surface area contributed by atoms with Gasteiger partial charge in [0, 0.05) is 6.07 Å². The van der Waals surface area contributed by atoms with E-state index in [4.69, 9.17) is 0 Å². The van der Waals surface area contributed by atoms with E-state index in [1.165, 1.54) is 6.92 Å². The highest BCUT2D eigenvalue weighted by molar-refractivity contribution is 5.73. The van der Waals surface area contributed by atoms with Gasteiger partial charge < -0.3 is 14.9 Å². The maximum atomic E-state index is 13.1. The van der Waals surface area contributed by atoms with Crippen molar-refractivity contribution in [3.05, 3.63) is 33.3 Å². The molecule has 0 radical (unpaired) electrons. The number of nitro groups is 1. The fraction of sp³-hybridized carbons (Fsp3) is 0.400. The zero-order valence-corrected chi connectivity index (χ0v) is 9.73. The van der Waals surface area contributed by atoms with E-state index in [1.807, 2.05) is 0 Å². The Balaban J connectivity index is 3.28. The average molecular weight is 278 g/mol. The van der Waals surface area contributed by atoms with Crippen LogP contribution in [0.2, 0.25) is 0 Å². The molecule has 0 fully saturated rings. The molecule has 0 saturated carbocycles. The van der Waals surface area contributed by atoms with Gasteiger partial charge in [0.1, 0.15) is 5.56 Å². The highest BCUT2D eigenvalue weighted by atomic mass is 19.3. The SMILES string of the molecule is CCOC(=O)Cc1cc(F)nc([N+](=O)[O-])c1C(F)F. The summed E-state index contributed by atoms with van der Waals surface area (Å²) in [6.07, 6.45) is -3.94. The van der Waals surface area contributed by atoms with E-state index < -0.39 is 46.6 Å². The molecule has 1 aromatic heterocycles. The summed E-state index contributed by atoms with van der Waals surface area (Å²) in [7, 11) is 0. The standard InChI is InChI=1S/C10H9F3N2O4/c1-2-19-7(16)4-5-3-6(11)14-10(15(17)18)8(5)9(12)13/h3,9H,2,4H2,1H3. The van der Waals surface area contributed by atoms with Gasteiger partial charge in [-0.25, -0.2) is 8.78 Å². The molecular formula is C10H9F3N2O4. The van der Waals surface area contributed by atoms with Gasteiger partial charge in [0.25, 0.3) is 6.43 Å². The van der Waals surface area contributed by atoms with E-state index in [1.54, 1.807) is 0 Å². The smallest absolute Gasteiger partial charge is 0.376 e. The summed E-state index contributed by atoms with van der Waals surface area (Å²) in [6.45, 7) is 1.51. The second-order valence-electron chi connectivity index (χ2n) is 3.38. The molecule has 0 spiro atoms. The summed E-state index contributed by atoms with van der Waals surface area (Å²) < 4.78 is 43.2. The number of hydrogen-bond donors (Lipinski definition) is 0. The van der Waals surface area contributed by atoms with E-state index in [2.05, 4.69) is 9.72 Å². The Kier molecular flexibility index (Phi) is 4.79. The zero-order valence-electron chi connectivity index (χ0n) is 9.73. The maximum absolute atomic E-state index is 13.1. The molecule has 0 unspecified atom stereocenters. The molecule has 19 heavy (non-hydrogen) atoms. The summed E-state index contributed by atoms with van der Waals surface area (Å²) in [4.78, 5) is 23.4. The molecule has 6 nitrogen and oxygen atoms in total. The molecule has 9 heteroatoms. The molecule has 104 valence electrons. The van der Waals surface area contributed by atoms with Gasteiger partial charge in [-0.2, -0.15) is 4.39 Å². The second-order valence-corrected chi connectivity index (χ2v) is 3.38. The highest BCUT2D eigenvalue weighted by Gasteiger charge is 2.30. The van der Waals surface area contributed by atoms with Crippen LogP contribution in [-0.4, -0.2) is 22.5 Å². The van der Waals surface area contributed by atoms with Crippen molar-refractivity contribution in [2.45, 2.75) is 19.8 Å². The third kappa shape index (κ3) is 3.63. The van der Waals surface area contributed by atoms with Gasteiger partial charge in [-0.1, -0.05) is 0 Å². The van der Waals surface area contributed by atoms with Crippen molar-refractivity contribution in [2.24, 2.45) is 0 Å². The van der Waals surface area contributed by atoms with Crippen LogP contribution in [0.5, 0.6) is 0 Å². The van der Waals surface area contributed by atoms with E-state index >= 15 is 0 Å². The summed E-state index contributed by atoms with van der Waals surface area (Å²) in [5.41, 5.74) is -1.58. The number of alkyl halides is 2. The van der Waals surface area contributed by atoms with Crippen molar-refractivity contribution in [3.8, 4) is 0 Å². The van der Waals surface area contributed by atoms with E-state index in [0.717, 1.165) is 0 Å². The predicted molar refractivity (Wildman–Crippen MR) is 56.1 cm³/mol. The van der Waals surface area contributed by atoms with Crippen LogP contribution in [-0.2, 0) is 16.0 Å². The third-order valence-electron chi connectivity index (χ3n) is 2.12. The fourth-order valence-corrected chi connectivity index (χ4v) is 1.45. The van der Waals surface area contributed by atoms with Crippen LogP contribution in [0.4, 0.5) is 19.0 Å². The largest absolute Gasteiger partial charge is 0.466 e. The molecular weight excluding hydrogens is 269 g/mol. The lowest BCUT2D eigenvalue weighted by Gasteiger charge is -2.08. The average Bonchev–Trinajstić information content (AvgIpc) is 2.27. The van der Waals surface area contributed by atoms with Crippen molar-refractivity contribution in [3.63, 3.8) is 0 Å². The Morgan fingerprint density at radius 1 is 1.58 bits per heavy atom. The number of carbonyl (C=O) groups excluding carboxylic acids is 1. The van der Waals surface area contributed by atoms with Crippen LogP contribution >= 0.6 is 0 Å². The van der Waals surface area contributed by atoms with Gasteiger partial charge in [0.15, 0.2) is 0 Å². The summed E-state index contributed by atoms with van der Waals surface area (Å²) in [5, 5.41) is 10.6. The predicted octanol–water partition coefficient (Wildman–Crippen LogP) is 2.17. The van der Waals surface area contributed by atoms with Gasteiger partial charge >= 0.3 is 17.7 Å². The topological polar surface area (TPSA) is 82.3 Å². The van der Waals surface area contributed by atoms with Gasteiger partial charge in [-0.05, 0) is 22.4 Å². The Bertz CT molecular complexity index is 508. The van der Waals surface area contributed by atoms with E-state index in [0.29, 0.717) is 6.07 Å². The summed E-state index contributed by atoms with van der Waals surface area (Å²) in [6, 6.07) is 0.561. The van der Waals surface area contributed by atoms with Gasteiger partial charge in [0.2, 0.25) is 0 Å². The number of pyridine rings is 1. The first-order chi connectivity index (χ1) is 8.86. The lowest BCUT2D eigenvalue weighted by molar-refractivity contribution is -0.391. The number of ether oxygens (including phenoxy) is 1. The number of esters is 1. The molecule has 0 bridgehead atoms. The molecule has 0 aliphatic rings. The minimum Gasteiger partial charge on any atom is -0.466 e. The Labute approximate surface area is 105 Å². The quantitative estimate of drug-likeness (QED) is 0.357. The van der Waals surface area contributed by atoms with Crippen molar-refractivity contribution in [1.29, 1.82) is 0 Å². The normalized spacial score (nSPS) is 10.6. The molecule has 0 N–H and O–H groups in total. The molecule has 1 aromatic rings. The Morgan fingerprint density at radius 3 is 2.68 bits per heavy atom. The van der Waals surface area contributed by atoms with Crippen LogP contribution in [0.3, 0.4) is 0 Å². The van der Waals surface area contributed by atoms with Gasteiger partial charge in [-0.15, -0.1) is 0 Å². The molecule has 0 aliphatic heterocycles. The van der Waals surface area contributed by atoms with Crippen LogP contribution in [0.15, 0.2) is 6.07 Å². The van der Waals surface area contributed by atoms with Crippen molar-refractivity contribution in [1.82, 2.24) is 4.98 Å². The Hall–Kier alpha value is -2.19. The van der Waals surface area contributed by atoms with E-state index in [-0.39, 0.29) is 6.61 Å². The highest BCUT2D eigenvalue weighted by Crippen LogP contribution is 2.31. The molecule has 0 atom stereocenters.